The van der Waals surface area contributed by atoms with E-state index in [0.29, 0.717) is 28.8 Å². The van der Waals surface area contributed by atoms with Crippen LogP contribution in [-0.2, 0) is 21.8 Å². The Morgan fingerprint density at radius 1 is 0.957 bits per heavy atom. The number of guanidine groups is 1. The zero-order chi connectivity index (χ0) is 32.2. The number of piperazine rings is 1. The number of hydrogen-bond donors (Lipinski definition) is 1. The lowest BCUT2D eigenvalue weighted by Gasteiger charge is -2.37. The van der Waals surface area contributed by atoms with Crippen molar-refractivity contribution in [2.75, 3.05) is 68.8 Å². The Morgan fingerprint density at radius 3 is 2.34 bits per heavy atom. The van der Waals surface area contributed by atoms with E-state index in [1.54, 1.807) is 23.1 Å². The molecule has 0 unspecified atom stereocenters. The molecule has 1 aromatic heterocycles. The summed E-state index contributed by atoms with van der Waals surface area (Å²) in [5.41, 5.74) is 4.06. The predicted octanol–water partition coefficient (Wildman–Crippen LogP) is 5.17. The number of nitrogens with one attached hydrogen (secondary N) is 1. The number of halogens is 2. The van der Waals surface area contributed by atoms with Crippen molar-refractivity contribution in [1.82, 2.24) is 25.0 Å². The monoisotopic (exact) mass is 676 g/mol. The molecule has 3 fully saturated rings. The number of benzene rings is 3. The maximum Gasteiger partial charge on any atom is 0.217 e. The molecular weight excluding hydrogens is 639 g/mol. The molecule has 3 saturated heterocycles. The van der Waals surface area contributed by atoms with Gasteiger partial charge in [-0.3, -0.25) is 0 Å². The van der Waals surface area contributed by atoms with Crippen LogP contribution in [0.15, 0.2) is 84.4 Å². The average molecular weight is 678 g/mol. The molecule has 3 aliphatic heterocycles. The van der Waals surface area contributed by atoms with Gasteiger partial charge in [0.15, 0.2) is 5.96 Å². The Kier molecular flexibility index (Phi) is 9.39. The van der Waals surface area contributed by atoms with Crippen molar-refractivity contribution in [3.63, 3.8) is 0 Å². The molecule has 0 aliphatic carbocycles. The number of hydrogen-bond acceptors (Lipinski definition) is 8. The van der Waals surface area contributed by atoms with Gasteiger partial charge in [0, 0.05) is 67.8 Å². The molecule has 13 heteroatoms. The fourth-order valence-corrected chi connectivity index (χ4v) is 6.80. The van der Waals surface area contributed by atoms with Gasteiger partial charge in [0.25, 0.3) is 0 Å². The minimum absolute atomic E-state index is 0.281. The summed E-state index contributed by atoms with van der Waals surface area (Å²) in [6.07, 6.45) is 2.77. The molecule has 4 heterocycles. The van der Waals surface area contributed by atoms with E-state index < -0.39 is 5.79 Å². The summed E-state index contributed by atoms with van der Waals surface area (Å²) < 4.78 is 20.5. The van der Waals surface area contributed by atoms with Gasteiger partial charge in [-0.1, -0.05) is 29.3 Å². The van der Waals surface area contributed by atoms with Gasteiger partial charge in [0.05, 0.1) is 17.3 Å². The smallest absolute Gasteiger partial charge is 0.217 e. The molecule has 0 saturated carbocycles. The molecule has 7 rings (SSSR count). The van der Waals surface area contributed by atoms with Crippen LogP contribution < -0.4 is 19.9 Å². The molecule has 11 nitrogen and oxygen atoms in total. The van der Waals surface area contributed by atoms with E-state index in [1.807, 2.05) is 18.2 Å². The van der Waals surface area contributed by atoms with Gasteiger partial charge in [0.2, 0.25) is 5.79 Å². The predicted molar refractivity (Wildman–Crippen MR) is 184 cm³/mol. The highest BCUT2D eigenvalue weighted by atomic mass is 35.5. The molecular formula is C34H38Cl2N8O3. The Labute approximate surface area is 284 Å². The lowest BCUT2D eigenvalue weighted by Crippen LogP contribution is -2.46. The molecule has 1 N–H and O–H groups in total. The van der Waals surface area contributed by atoms with Gasteiger partial charge >= 0.3 is 0 Å². The van der Waals surface area contributed by atoms with Crippen LogP contribution in [0.1, 0.15) is 12.5 Å². The van der Waals surface area contributed by atoms with Crippen LogP contribution in [0, 0.1) is 0 Å². The first-order valence-corrected chi connectivity index (χ1v) is 16.7. The number of ether oxygens (including phenoxy) is 3. The SMILES string of the molecule is CCN1CCNC1=Nc1ccc(N2CCN(c3ccc(OC[C@@H]4CO[C@@](Cn5cncn5)(c5ccc(Cl)cc5Cl)O4)cc3)CC2)cc1. The van der Waals surface area contributed by atoms with Crippen molar-refractivity contribution in [1.29, 1.82) is 0 Å². The molecule has 246 valence electrons. The Morgan fingerprint density at radius 2 is 1.68 bits per heavy atom. The Hall–Kier alpha value is -4.03. The molecule has 4 aromatic rings. The molecule has 47 heavy (non-hydrogen) atoms. The van der Waals surface area contributed by atoms with Gasteiger partial charge in [-0.05, 0) is 67.6 Å². The number of aromatic nitrogens is 3. The Bertz CT molecular complexity index is 1660. The van der Waals surface area contributed by atoms with Crippen LogP contribution in [0.3, 0.4) is 0 Å². The molecule has 3 aliphatic rings. The first kappa shape index (κ1) is 31.6. The summed E-state index contributed by atoms with van der Waals surface area (Å²) in [6, 6.07) is 22.1. The second kappa shape index (κ2) is 14.0. The summed E-state index contributed by atoms with van der Waals surface area (Å²) in [5.74, 6) is 0.593. The van der Waals surface area contributed by atoms with Gasteiger partial charge in [0.1, 0.15) is 37.7 Å². The first-order chi connectivity index (χ1) is 23.0. The number of aliphatic imine (C=N–C) groups is 1. The lowest BCUT2D eigenvalue weighted by atomic mass is 10.1. The number of rotatable bonds is 10. The van der Waals surface area contributed by atoms with Gasteiger partial charge in [-0.15, -0.1) is 0 Å². The molecule has 0 bridgehead atoms. The molecule has 3 aromatic carbocycles. The van der Waals surface area contributed by atoms with Gasteiger partial charge in [-0.25, -0.2) is 14.7 Å². The molecule has 0 spiro atoms. The zero-order valence-electron chi connectivity index (χ0n) is 26.3. The minimum Gasteiger partial charge on any atom is -0.491 e. The maximum absolute atomic E-state index is 6.58. The third-order valence-corrected chi connectivity index (χ3v) is 9.30. The first-order valence-electron chi connectivity index (χ1n) is 16.0. The van der Waals surface area contributed by atoms with E-state index in [2.05, 4.69) is 73.4 Å². The normalized spacial score (nSPS) is 22.2. The number of nitrogens with zero attached hydrogens (tertiary/aromatic N) is 7. The highest BCUT2D eigenvalue weighted by Crippen LogP contribution is 2.40. The van der Waals surface area contributed by atoms with Crippen molar-refractivity contribution in [3.05, 3.63) is 95.0 Å². The van der Waals surface area contributed by atoms with Crippen molar-refractivity contribution < 1.29 is 14.2 Å². The number of anilines is 2. The van der Waals surface area contributed by atoms with E-state index in [1.165, 1.54) is 17.7 Å². The summed E-state index contributed by atoms with van der Waals surface area (Å²) in [4.78, 5) is 15.9. The fourth-order valence-electron chi connectivity index (χ4n) is 6.25. The summed E-state index contributed by atoms with van der Waals surface area (Å²) in [6.45, 7) is 9.78. The second-order valence-corrected chi connectivity index (χ2v) is 12.6. The topological polar surface area (TPSA) is 92.5 Å². The van der Waals surface area contributed by atoms with Crippen molar-refractivity contribution in [2.24, 2.45) is 4.99 Å². The maximum atomic E-state index is 6.58. The van der Waals surface area contributed by atoms with Crippen LogP contribution in [-0.4, -0.2) is 90.8 Å². The van der Waals surface area contributed by atoms with Crippen molar-refractivity contribution in [2.45, 2.75) is 25.4 Å². The standard InChI is InChI=1S/C34H38Cl2N8O3/c1-2-41-14-13-38-33(41)40-26-4-6-27(7-5-26)42-15-17-43(18-16-42)28-8-10-29(11-9-28)45-20-30-21-46-34(47-30,22-44-24-37-23-39-44)31-12-3-25(35)19-32(31)36/h3-12,19,23-24,30H,2,13-18,20-22H2,1H3,(H,38,40)/t30-,34-/m1/s1. The summed E-state index contributed by atoms with van der Waals surface area (Å²) in [5, 5.41) is 8.61. The quantitative estimate of drug-likeness (QED) is 0.244. The molecule has 0 radical (unpaired) electrons. The molecule has 0 amide bonds. The Balaban J connectivity index is 0.917. The fraction of sp³-hybridized carbons (Fsp3) is 0.382. The third kappa shape index (κ3) is 7.13. The van der Waals surface area contributed by atoms with E-state index in [4.69, 9.17) is 42.4 Å². The minimum atomic E-state index is -1.14. The highest BCUT2D eigenvalue weighted by Gasteiger charge is 2.45. The van der Waals surface area contributed by atoms with Crippen LogP contribution in [0.25, 0.3) is 0 Å². The van der Waals surface area contributed by atoms with Gasteiger partial charge in [-0.2, -0.15) is 5.10 Å². The lowest BCUT2D eigenvalue weighted by molar-refractivity contribution is -0.190. The van der Waals surface area contributed by atoms with Crippen LogP contribution >= 0.6 is 23.2 Å². The van der Waals surface area contributed by atoms with E-state index in [-0.39, 0.29) is 12.6 Å². The third-order valence-electron chi connectivity index (χ3n) is 8.75. The van der Waals surface area contributed by atoms with Crippen molar-refractivity contribution >= 4 is 46.2 Å². The zero-order valence-corrected chi connectivity index (χ0v) is 27.8. The largest absolute Gasteiger partial charge is 0.491 e. The summed E-state index contributed by atoms with van der Waals surface area (Å²) in [7, 11) is 0. The highest BCUT2D eigenvalue weighted by molar-refractivity contribution is 6.35. The van der Waals surface area contributed by atoms with Crippen LogP contribution in [0.2, 0.25) is 10.0 Å². The second-order valence-electron chi connectivity index (χ2n) is 11.8. The average Bonchev–Trinajstić information content (AvgIpc) is 3.87. The van der Waals surface area contributed by atoms with Gasteiger partial charge < -0.3 is 34.2 Å². The summed E-state index contributed by atoms with van der Waals surface area (Å²) >= 11 is 12.7. The number of likely N-dealkylation sites (N-methyl/N-ethyl adjacent to an activating group) is 1. The van der Waals surface area contributed by atoms with Crippen LogP contribution in [0.4, 0.5) is 17.1 Å². The molecule has 2 atom stereocenters. The van der Waals surface area contributed by atoms with Crippen molar-refractivity contribution in [3.8, 4) is 5.75 Å². The van der Waals surface area contributed by atoms with E-state index in [9.17, 15) is 0 Å². The van der Waals surface area contributed by atoms with Crippen LogP contribution in [0.5, 0.6) is 5.75 Å². The van der Waals surface area contributed by atoms with E-state index in [0.717, 1.165) is 63.2 Å². The van der Waals surface area contributed by atoms with E-state index >= 15 is 0 Å².